The number of hydrogen-bond acceptors (Lipinski definition) is 5. The summed E-state index contributed by atoms with van der Waals surface area (Å²) in [6.45, 7) is 2.67. The van der Waals surface area contributed by atoms with Crippen LogP contribution in [0.1, 0.15) is 19.8 Å². The highest BCUT2D eigenvalue weighted by Gasteiger charge is 2.30. The van der Waals surface area contributed by atoms with Gasteiger partial charge in [0, 0.05) is 32.0 Å². The summed E-state index contributed by atoms with van der Waals surface area (Å²) in [5.74, 6) is -0.107. The van der Waals surface area contributed by atoms with Gasteiger partial charge in [0.1, 0.15) is 16.7 Å². The van der Waals surface area contributed by atoms with E-state index in [2.05, 4.69) is 5.32 Å². The predicted molar refractivity (Wildman–Crippen MR) is 86.1 cm³/mol. The quantitative estimate of drug-likeness (QED) is 0.846. The standard InChI is InChI=1S/C15H22N2O5S/c1-11(21-2)15(18)16-12-6-7-14(13(10-12)22-3)23(19,20)17-8-4-5-9-17/h6-7,10-11H,4-5,8-9H2,1-3H3,(H,16,18). The number of carbonyl (C=O) groups is 1. The molecule has 1 fully saturated rings. The Balaban J connectivity index is 2.28. The molecule has 1 heterocycles. The number of benzene rings is 1. The molecule has 1 atom stereocenters. The highest BCUT2D eigenvalue weighted by Crippen LogP contribution is 2.31. The molecule has 2 rings (SSSR count). The van der Waals surface area contributed by atoms with Crippen LogP contribution in [0.2, 0.25) is 0 Å². The predicted octanol–water partition coefficient (Wildman–Crippen LogP) is 1.45. The Kier molecular flexibility index (Phi) is 5.61. The van der Waals surface area contributed by atoms with Crippen LogP contribution in [-0.4, -0.2) is 52.0 Å². The van der Waals surface area contributed by atoms with Gasteiger partial charge in [-0.2, -0.15) is 4.31 Å². The van der Waals surface area contributed by atoms with E-state index in [1.807, 2.05) is 0 Å². The first-order valence-corrected chi connectivity index (χ1v) is 8.86. The summed E-state index contributed by atoms with van der Waals surface area (Å²) < 4.78 is 36.9. The van der Waals surface area contributed by atoms with E-state index in [1.165, 1.54) is 30.7 Å². The fourth-order valence-corrected chi connectivity index (χ4v) is 4.03. The van der Waals surface area contributed by atoms with E-state index in [1.54, 1.807) is 13.0 Å². The average Bonchev–Trinajstić information content (AvgIpc) is 3.08. The molecular weight excluding hydrogens is 320 g/mol. The topological polar surface area (TPSA) is 84.9 Å². The molecule has 7 nitrogen and oxygen atoms in total. The molecule has 0 aliphatic carbocycles. The number of carbonyl (C=O) groups excluding carboxylic acids is 1. The molecule has 1 aromatic carbocycles. The summed E-state index contributed by atoms with van der Waals surface area (Å²) in [5, 5.41) is 2.66. The maximum Gasteiger partial charge on any atom is 0.253 e. The summed E-state index contributed by atoms with van der Waals surface area (Å²) in [5.41, 5.74) is 0.455. The fourth-order valence-electron chi connectivity index (χ4n) is 2.38. The summed E-state index contributed by atoms with van der Waals surface area (Å²) in [7, 11) is -0.731. The second kappa shape index (κ2) is 7.29. The molecule has 0 saturated carbocycles. The normalized spacial score (nSPS) is 17.0. The van der Waals surface area contributed by atoms with Crippen LogP contribution >= 0.6 is 0 Å². The maximum atomic E-state index is 12.6. The maximum absolute atomic E-state index is 12.6. The third-order valence-corrected chi connectivity index (χ3v) is 5.77. The first-order chi connectivity index (χ1) is 10.9. The van der Waals surface area contributed by atoms with Gasteiger partial charge in [0.05, 0.1) is 7.11 Å². The van der Waals surface area contributed by atoms with Crippen molar-refractivity contribution in [2.24, 2.45) is 0 Å². The lowest BCUT2D eigenvalue weighted by Gasteiger charge is -2.18. The smallest absolute Gasteiger partial charge is 0.253 e. The monoisotopic (exact) mass is 342 g/mol. The van der Waals surface area contributed by atoms with Crippen LogP contribution in [-0.2, 0) is 19.6 Å². The first-order valence-electron chi connectivity index (χ1n) is 7.42. The summed E-state index contributed by atoms with van der Waals surface area (Å²) >= 11 is 0. The number of rotatable bonds is 6. The minimum atomic E-state index is -3.58. The SMILES string of the molecule is COc1cc(NC(=O)C(C)OC)ccc1S(=O)(=O)N1CCCC1. The van der Waals surface area contributed by atoms with Crippen molar-refractivity contribution in [1.29, 1.82) is 0 Å². The van der Waals surface area contributed by atoms with Crippen molar-refractivity contribution in [2.45, 2.75) is 30.8 Å². The fraction of sp³-hybridized carbons (Fsp3) is 0.533. The molecule has 8 heteroatoms. The minimum absolute atomic E-state index is 0.111. The van der Waals surface area contributed by atoms with E-state index in [0.29, 0.717) is 18.8 Å². The number of amides is 1. The second-order valence-corrected chi connectivity index (χ2v) is 7.25. The van der Waals surface area contributed by atoms with Gasteiger partial charge in [-0.1, -0.05) is 0 Å². The highest BCUT2D eigenvalue weighted by molar-refractivity contribution is 7.89. The highest BCUT2D eigenvalue weighted by atomic mass is 32.2. The van der Waals surface area contributed by atoms with Crippen molar-refractivity contribution >= 4 is 21.6 Å². The van der Waals surface area contributed by atoms with Gasteiger partial charge < -0.3 is 14.8 Å². The van der Waals surface area contributed by atoms with Crippen LogP contribution in [0.4, 0.5) is 5.69 Å². The summed E-state index contributed by atoms with van der Waals surface area (Å²) in [6.07, 6.45) is 1.13. The van der Waals surface area contributed by atoms with Gasteiger partial charge in [0.2, 0.25) is 10.0 Å². The van der Waals surface area contributed by atoms with Crippen LogP contribution in [0.25, 0.3) is 0 Å². The van der Waals surface area contributed by atoms with Gasteiger partial charge in [-0.3, -0.25) is 4.79 Å². The molecule has 1 saturated heterocycles. The molecule has 23 heavy (non-hydrogen) atoms. The molecule has 0 aromatic heterocycles. The first kappa shape index (κ1) is 17.7. The molecule has 1 aliphatic rings. The van der Waals surface area contributed by atoms with Crippen molar-refractivity contribution in [2.75, 3.05) is 32.6 Å². The molecule has 0 bridgehead atoms. The Labute approximate surface area is 136 Å². The molecular formula is C15H22N2O5S. The second-order valence-electron chi connectivity index (χ2n) is 5.34. The number of nitrogens with zero attached hydrogens (tertiary/aromatic N) is 1. The Bertz CT molecular complexity index is 668. The molecule has 1 unspecified atom stereocenters. The third-order valence-electron chi connectivity index (χ3n) is 3.84. The van der Waals surface area contributed by atoms with E-state index < -0.39 is 16.1 Å². The molecule has 1 aromatic rings. The Hall–Kier alpha value is -1.64. The Morgan fingerprint density at radius 2 is 1.91 bits per heavy atom. The van der Waals surface area contributed by atoms with Gasteiger partial charge in [-0.05, 0) is 31.9 Å². The molecule has 1 N–H and O–H groups in total. The van der Waals surface area contributed by atoms with Gasteiger partial charge in [0.15, 0.2) is 0 Å². The van der Waals surface area contributed by atoms with Crippen molar-refractivity contribution in [1.82, 2.24) is 4.31 Å². The largest absolute Gasteiger partial charge is 0.495 e. The number of ether oxygens (including phenoxy) is 2. The molecule has 128 valence electrons. The lowest BCUT2D eigenvalue weighted by Crippen LogP contribution is -2.28. The van der Waals surface area contributed by atoms with Gasteiger partial charge in [0.25, 0.3) is 5.91 Å². The van der Waals surface area contributed by atoms with Crippen molar-refractivity contribution in [3.05, 3.63) is 18.2 Å². The van der Waals surface area contributed by atoms with Crippen LogP contribution in [0.5, 0.6) is 5.75 Å². The van der Waals surface area contributed by atoms with Crippen LogP contribution < -0.4 is 10.1 Å². The Morgan fingerprint density at radius 1 is 1.26 bits per heavy atom. The van der Waals surface area contributed by atoms with Gasteiger partial charge >= 0.3 is 0 Å². The number of methoxy groups -OCH3 is 2. The van der Waals surface area contributed by atoms with Crippen LogP contribution in [0.15, 0.2) is 23.1 Å². The zero-order valence-corrected chi connectivity index (χ0v) is 14.4. The van der Waals surface area contributed by atoms with Crippen LogP contribution in [0.3, 0.4) is 0 Å². The minimum Gasteiger partial charge on any atom is -0.495 e. The zero-order valence-electron chi connectivity index (χ0n) is 13.5. The van der Waals surface area contributed by atoms with Crippen molar-refractivity contribution in [3.63, 3.8) is 0 Å². The average molecular weight is 342 g/mol. The van der Waals surface area contributed by atoms with E-state index in [9.17, 15) is 13.2 Å². The molecule has 0 radical (unpaired) electrons. The summed E-state index contributed by atoms with van der Waals surface area (Å²) in [6, 6.07) is 4.51. The van der Waals surface area contributed by atoms with Crippen molar-refractivity contribution in [3.8, 4) is 5.75 Å². The number of anilines is 1. The van der Waals surface area contributed by atoms with Crippen molar-refractivity contribution < 1.29 is 22.7 Å². The van der Waals surface area contributed by atoms with Gasteiger partial charge in [-0.15, -0.1) is 0 Å². The molecule has 1 aliphatic heterocycles. The molecule has 0 spiro atoms. The molecule has 1 amide bonds. The van der Waals surface area contributed by atoms with E-state index in [-0.39, 0.29) is 16.6 Å². The van der Waals surface area contributed by atoms with Gasteiger partial charge in [-0.25, -0.2) is 8.42 Å². The number of sulfonamides is 1. The van der Waals surface area contributed by atoms with E-state index >= 15 is 0 Å². The Morgan fingerprint density at radius 3 is 2.48 bits per heavy atom. The third kappa shape index (κ3) is 3.82. The zero-order chi connectivity index (χ0) is 17.0. The summed E-state index contributed by atoms with van der Waals surface area (Å²) in [4.78, 5) is 11.9. The number of nitrogens with one attached hydrogen (secondary N) is 1. The van der Waals surface area contributed by atoms with E-state index in [0.717, 1.165) is 12.8 Å². The number of hydrogen-bond donors (Lipinski definition) is 1. The lowest BCUT2D eigenvalue weighted by atomic mass is 10.2. The lowest BCUT2D eigenvalue weighted by molar-refractivity contribution is -0.124. The van der Waals surface area contributed by atoms with E-state index in [4.69, 9.17) is 9.47 Å². The van der Waals surface area contributed by atoms with Crippen LogP contribution in [0, 0.1) is 0 Å².